The molecule has 0 aliphatic heterocycles. The second-order valence-electron chi connectivity index (χ2n) is 4.95. The molecule has 0 atom stereocenters. The van der Waals surface area contributed by atoms with Crippen molar-refractivity contribution >= 4 is 34.7 Å². The molecule has 0 amide bonds. The zero-order valence-electron chi connectivity index (χ0n) is 13.5. The largest absolute Gasteiger partial charge is 0.495 e. The van der Waals surface area contributed by atoms with E-state index in [1.54, 1.807) is 56.9 Å². The molecule has 3 aromatic rings. The fraction of sp³-hybridized carbons (Fsp3) is 0.118. The van der Waals surface area contributed by atoms with Gasteiger partial charge in [-0.15, -0.1) is 0 Å². The van der Waals surface area contributed by atoms with Crippen LogP contribution in [0.15, 0.2) is 42.7 Å². The highest BCUT2D eigenvalue weighted by molar-refractivity contribution is 6.32. The second kappa shape index (κ2) is 7.55. The van der Waals surface area contributed by atoms with E-state index in [0.717, 1.165) is 5.56 Å². The van der Waals surface area contributed by atoms with Crippen molar-refractivity contribution in [2.75, 3.05) is 19.5 Å². The highest BCUT2D eigenvalue weighted by atomic mass is 35.5. The molecular weight excluding hydrogens is 363 g/mol. The number of nitrogens with one attached hydrogen (secondary N) is 1. The number of halogens is 2. The average molecular weight is 377 g/mol. The molecule has 1 aromatic carbocycles. The molecule has 0 radical (unpaired) electrons. The van der Waals surface area contributed by atoms with Crippen molar-refractivity contribution in [1.82, 2.24) is 15.0 Å². The second-order valence-corrected chi connectivity index (χ2v) is 5.74. The molecular formula is C17H14Cl2N4O2. The number of aromatic nitrogens is 3. The first-order chi connectivity index (χ1) is 12.1. The third-order valence-electron chi connectivity index (χ3n) is 3.37. The Morgan fingerprint density at radius 1 is 0.920 bits per heavy atom. The molecule has 0 aliphatic rings. The molecule has 8 heteroatoms. The number of rotatable bonds is 5. The minimum atomic E-state index is 0.309. The summed E-state index contributed by atoms with van der Waals surface area (Å²) in [4.78, 5) is 12.7. The number of pyridine rings is 1. The molecule has 0 bridgehead atoms. The van der Waals surface area contributed by atoms with E-state index in [-0.39, 0.29) is 0 Å². The monoisotopic (exact) mass is 376 g/mol. The number of benzene rings is 1. The van der Waals surface area contributed by atoms with Gasteiger partial charge in [0.1, 0.15) is 22.5 Å². The van der Waals surface area contributed by atoms with Crippen molar-refractivity contribution in [3.8, 4) is 22.9 Å². The van der Waals surface area contributed by atoms with E-state index in [1.165, 1.54) is 0 Å². The van der Waals surface area contributed by atoms with E-state index >= 15 is 0 Å². The molecule has 128 valence electrons. The quantitative estimate of drug-likeness (QED) is 0.655. The van der Waals surface area contributed by atoms with Crippen LogP contribution in [0.4, 0.5) is 11.5 Å². The maximum absolute atomic E-state index is 6.14. The van der Waals surface area contributed by atoms with E-state index in [4.69, 9.17) is 32.7 Å². The molecule has 0 saturated carbocycles. The van der Waals surface area contributed by atoms with Gasteiger partial charge in [0, 0.05) is 36.2 Å². The van der Waals surface area contributed by atoms with Gasteiger partial charge in [0.2, 0.25) is 0 Å². The zero-order valence-corrected chi connectivity index (χ0v) is 15.0. The standard InChI is InChI=1S/C17H14Cl2N4O2/c1-24-13-8-12(14(25-2)7-11(13)18)21-16-9-15(19)22-17(23-16)10-3-5-20-6-4-10/h3-9H,1-2H3,(H,21,22,23). The Balaban J connectivity index is 2.00. The van der Waals surface area contributed by atoms with Gasteiger partial charge in [0.15, 0.2) is 5.82 Å². The van der Waals surface area contributed by atoms with Gasteiger partial charge in [0.25, 0.3) is 0 Å². The summed E-state index contributed by atoms with van der Waals surface area (Å²) in [6, 6.07) is 8.62. The molecule has 1 N–H and O–H groups in total. The number of hydrogen-bond acceptors (Lipinski definition) is 6. The summed E-state index contributed by atoms with van der Waals surface area (Å²) in [6.07, 6.45) is 3.33. The van der Waals surface area contributed by atoms with Gasteiger partial charge >= 0.3 is 0 Å². The van der Waals surface area contributed by atoms with Crippen molar-refractivity contribution < 1.29 is 9.47 Å². The van der Waals surface area contributed by atoms with Crippen LogP contribution >= 0.6 is 23.2 Å². The fourth-order valence-electron chi connectivity index (χ4n) is 2.21. The molecule has 2 heterocycles. The lowest BCUT2D eigenvalue weighted by Crippen LogP contribution is -2.00. The lowest BCUT2D eigenvalue weighted by atomic mass is 10.2. The maximum Gasteiger partial charge on any atom is 0.163 e. The van der Waals surface area contributed by atoms with Crippen LogP contribution in [0.25, 0.3) is 11.4 Å². The minimum Gasteiger partial charge on any atom is -0.495 e. The van der Waals surface area contributed by atoms with Crippen LogP contribution in [-0.4, -0.2) is 29.2 Å². The summed E-state index contributed by atoms with van der Waals surface area (Å²) in [6.45, 7) is 0. The number of ether oxygens (including phenoxy) is 2. The van der Waals surface area contributed by atoms with Crippen LogP contribution in [-0.2, 0) is 0 Å². The molecule has 0 unspecified atom stereocenters. The van der Waals surface area contributed by atoms with Crippen molar-refractivity contribution in [2.24, 2.45) is 0 Å². The first kappa shape index (κ1) is 17.3. The smallest absolute Gasteiger partial charge is 0.163 e. The number of anilines is 2. The van der Waals surface area contributed by atoms with E-state index in [0.29, 0.717) is 39.0 Å². The Morgan fingerprint density at radius 2 is 1.64 bits per heavy atom. The van der Waals surface area contributed by atoms with Crippen LogP contribution in [0.2, 0.25) is 10.2 Å². The van der Waals surface area contributed by atoms with Crippen LogP contribution in [0.5, 0.6) is 11.5 Å². The summed E-state index contributed by atoms with van der Waals surface area (Å²) in [5.74, 6) is 2.05. The van der Waals surface area contributed by atoms with Crippen LogP contribution in [0.1, 0.15) is 0 Å². The third kappa shape index (κ3) is 3.92. The van der Waals surface area contributed by atoms with Crippen molar-refractivity contribution in [2.45, 2.75) is 0 Å². The Kier molecular flexibility index (Phi) is 5.21. The molecule has 0 spiro atoms. The van der Waals surface area contributed by atoms with E-state index in [2.05, 4.69) is 20.3 Å². The summed E-state index contributed by atoms with van der Waals surface area (Å²) in [5.41, 5.74) is 1.44. The molecule has 6 nitrogen and oxygen atoms in total. The van der Waals surface area contributed by atoms with Gasteiger partial charge in [0.05, 0.1) is 24.9 Å². The molecule has 2 aromatic heterocycles. The van der Waals surface area contributed by atoms with Crippen LogP contribution in [0.3, 0.4) is 0 Å². The molecule has 25 heavy (non-hydrogen) atoms. The predicted octanol–water partition coefficient (Wildman–Crippen LogP) is 4.61. The predicted molar refractivity (Wildman–Crippen MR) is 98.1 cm³/mol. The summed E-state index contributed by atoms with van der Waals surface area (Å²) >= 11 is 12.3. The summed E-state index contributed by atoms with van der Waals surface area (Å²) in [5, 5.41) is 3.92. The van der Waals surface area contributed by atoms with E-state index in [1.807, 2.05) is 0 Å². The van der Waals surface area contributed by atoms with Gasteiger partial charge in [-0.25, -0.2) is 9.97 Å². The highest BCUT2D eigenvalue weighted by Gasteiger charge is 2.12. The van der Waals surface area contributed by atoms with E-state index in [9.17, 15) is 0 Å². The van der Waals surface area contributed by atoms with Gasteiger partial charge in [-0.1, -0.05) is 23.2 Å². The topological polar surface area (TPSA) is 69.2 Å². The number of methoxy groups -OCH3 is 2. The zero-order chi connectivity index (χ0) is 17.8. The van der Waals surface area contributed by atoms with Crippen LogP contribution < -0.4 is 14.8 Å². The lowest BCUT2D eigenvalue weighted by molar-refractivity contribution is 0.405. The first-order valence-electron chi connectivity index (χ1n) is 7.24. The van der Waals surface area contributed by atoms with Crippen molar-refractivity contribution in [3.05, 3.63) is 52.9 Å². The molecule has 0 saturated heterocycles. The van der Waals surface area contributed by atoms with Gasteiger partial charge in [-0.3, -0.25) is 4.98 Å². The molecule has 0 fully saturated rings. The minimum absolute atomic E-state index is 0.309. The van der Waals surface area contributed by atoms with Crippen molar-refractivity contribution in [3.63, 3.8) is 0 Å². The Bertz CT molecular complexity index is 891. The van der Waals surface area contributed by atoms with Gasteiger partial charge < -0.3 is 14.8 Å². The van der Waals surface area contributed by atoms with Gasteiger partial charge in [-0.05, 0) is 12.1 Å². The molecule has 3 rings (SSSR count). The van der Waals surface area contributed by atoms with Crippen molar-refractivity contribution in [1.29, 1.82) is 0 Å². The SMILES string of the molecule is COc1cc(Nc2cc(Cl)nc(-c3ccncc3)n2)c(OC)cc1Cl. The number of hydrogen-bond donors (Lipinski definition) is 1. The average Bonchev–Trinajstić information content (AvgIpc) is 2.63. The Hall–Kier alpha value is -2.57. The number of nitrogens with zero attached hydrogens (tertiary/aromatic N) is 3. The molecule has 0 aliphatic carbocycles. The highest BCUT2D eigenvalue weighted by Crippen LogP contribution is 2.37. The normalized spacial score (nSPS) is 10.4. The first-order valence-corrected chi connectivity index (χ1v) is 8.00. The Labute approximate surface area is 154 Å². The fourth-order valence-corrected chi connectivity index (χ4v) is 2.62. The summed E-state index contributed by atoms with van der Waals surface area (Å²) in [7, 11) is 3.10. The lowest BCUT2D eigenvalue weighted by Gasteiger charge is -2.14. The van der Waals surface area contributed by atoms with E-state index < -0.39 is 0 Å². The summed E-state index contributed by atoms with van der Waals surface area (Å²) < 4.78 is 10.6. The van der Waals surface area contributed by atoms with Crippen LogP contribution in [0, 0.1) is 0 Å². The van der Waals surface area contributed by atoms with Gasteiger partial charge in [-0.2, -0.15) is 0 Å². The third-order valence-corrected chi connectivity index (χ3v) is 3.86. The maximum atomic E-state index is 6.14. The Morgan fingerprint density at radius 3 is 2.32 bits per heavy atom.